The van der Waals surface area contributed by atoms with Gasteiger partial charge in [0.25, 0.3) is 0 Å². The van der Waals surface area contributed by atoms with Crippen LogP contribution >= 0.6 is 0 Å². The molecule has 1 unspecified atom stereocenters. The van der Waals surface area contributed by atoms with Crippen molar-refractivity contribution in [1.29, 1.82) is 0 Å². The molecule has 0 aromatic heterocycles. The zero-order valence-electron chi connectivity index (χ0n) is 16.1. The Morgan fingerprint density at radius 3 is 2.85 bits per heavy atom. The van der Waals surface area contributed by atoms with E-state index >= 15 is 0 Å². The van der Waals surface area contributed by atoms with Gasteiger partial charge >= 0.3 is 5.97 Å². The summed E-state index contributed by atoms with van der Waals surface area (Å²) >= 11 is 0. The third-order valence-corrected chi connectivity index (χ3v) is 4.33. The molecule has 2 rings (SSSR count). The molecule has 1 N–H and O–H groups in total. The first-order valence-electron chi connectivity index (χ1n) is 8.91. The highest BCUT2D eigenvalue weighted by atomic mass is 16.5. The molecule has 7 nitrogen and oxygen atoms in total. The first-order valence-corrected chi connectivity index (χ1v) is 8.91. The number of carbonyl (C=O) groups is 1. The van der Waals surface area contributed by atoms with Gasteiger partial charge in [-0.05, 0) is 31.0 Å². The lowest BCUT2D eigenvalue weighted by molar-refractivity contribution is 0.0597. The summed E-state index contributed by atoms with van der Waals surface area (Å²) in [4.78, 5) is 18.8. The van der Waals surface area contributed by atoms with Crippen LogP contribution in [0.25, 0.3) is 0 Å². The van der Waals surface area contributed by atoms with Crippen LogP contribution in [0.3, 0.4) is 0 Å². The van der Waals surface area contributed by atoms with E-state index in [1.165, 1.54) is 14.2 Å². The number of rotatable bonds is 7. The highest BCUT2D eigenvalue weighted by molar-refractivity contribution is 5.92. The largest absolute Gasteiger partial charge is 0.496 e. The van der Waals surface area contributed by atoms with Crippen molar-refractivity contribution in [2.24, 2.45) is 10.9 Å². The second-order valence-corrected chi connectivity index (χ2v) is 6.31. The molecule has 0 amide bonds. The molecule has 0 saturated carbocycles. The predicted molar refractivity (Wildman–Crippen MR) is 101 cm³/mol. The van der Waals surface area contributed by atoms with Crippen LogP contribution in [0.15, 0.2) is 23.2 Å². The quantitative estimate of drug-likeness (QED) is 0.453. The van der Waals surface area contributed by atoms with E-state index in [-0.39, 0.29) is 0 Å². The number of aliphatic imine (C=N–C) groups is 1. The average Bonchev–Trinajstić information content (AvgIpc) is 3.17. The minimum absolute atomic E-state index is 0.407. The van der Waals surface area contributed by atoms with Gasteiger partial charge in [-0.15, -0.1) is 0 Å². The third-order valence-electron chi connectivity index (χ3n) is 4.33. The highest BCUT2D eigenvalue weighted by Gasteiger charge is 2.19. The maximum absolute atomic E-state index is 11.9. The van der Waals surface area contributed by atoms with Gasteiger partial charge in [0.05, 0.1) is 27.4 Å². The molecule has 0 radical (unpaired) electrons. The second-order valence-electron chi connectivity index (χ2n) is 6.31. The number of esters is 1. The van der Waals surface area contributed by atoms with E-state index in [0.29, 0.717) is 23.8 Å². The van der Waals surface area contributed by atoms with Crippen molar-refractivity contribution in [3.8, 4) is 5.75 Å². The number of guanidine groups is 1. The lowest BCUT2D eigenvalue weighted by Crippen LogP contribution is -2.41. The lowest BCUT2D eigenvalue weighted by atomic mass is 10.1. The maximum atomic E-state index is 11.9. The van der Waals surface area contributed by atoms with Crippen molar-refractivity contribution >= 4 is 11.9 Å². The number of hydrogen-bond donors (Lipinski definition) is 1. The van der Waals surface area contributed by atoms with Crippen molar-refractivity contribution in [3.63, 3.8) is 0 Å². The van der Waals surface area contributed by atoms with Gasteiger partial charge in [0.2, 0.25) is 0 Å². The van der Waals surface area contributed by atoms with Crippen molar-refractivity contribution in [2.45, 2.75) is 19.9 Å². The van der Waals surface area contributed by atoms with E-state index < -0.39 is 5.97 Å². The molecule has 1 saturated heterocycles. The van der Waals surface area contributed by atoms with Gasteiger partial charge in [-0.2, -0.15) is 0 Å². The van der Waals surface area contributed by atoms with Gasteiger partial charge in [0.15, 0.2) is 5.96 Å². The van der Waals surface area contributed by atoms with E-state index in [9.17, 15) is 4.79 Å². The molecule has 1 aromatic carbocycles. The number of carbonyl (C=O) groups excluding carboxylic acids is 1. The first-order chi connectivity index (χ1) is 12.6. The number of hydrogen-bond acceptors (Lipinski definition) is 5. The molecule has 0 bridgehead atoms. The fraction of sp³-hybridized carbons (Fsp3) is 0.579. The van der Waals surface area contributed by atoms with Crippen LogP contribution in [0.4, 0.5) is 0 Å². The summed E-state index contributed by atoms with van der Waals surface area (Å²) in [5.74, 6) is 1.46. The summed E-state index contributed by atoms with van der Waals surface area (Å²) in [6, 6.07) is 5.44. The Labute approximate surface area is 155 Å². The molecule has 1 atom stereocenters. The molecule has 1 aliphatic rings. The topological polar surface area (TPSA) is 72.4 Å². The highest BCUT2D eigenvalue weighted by Crippen LogP contribution is 2.21. The zero-order valence-corrected chi connectivity index (χ0v) is 16.1. The van der Waals surface area contributed by atoms with Gasteiger partial charge < -0.3 is 24.4 Å². The molecule has 144 valence electrons. The summed E-state index contributed by atoms with van der Waals surface area (Å²) in [5, 5.41) is 3.32. The van der Waals surface area contributed by atoms with Crippen LogP contribution in [0.2, 0.25) is 0 Å². The standard InChI is InChI=1S/C19H29N3O4/c1-5-20-19(22(2)12-15-8-9-26-13-15)21-11-14-6-7-17(24-3)16(10-14)18(23)25-4/h6-7,10,15H,5,8-9,11-13H2,1-4H3,(H,20,21). The molecule has 26 heavy (non-hydrogen) atoms. The Balaban J connectivity index is 2.11. The Hall–Kier alpha value is -2.28. The molecule has 1 aliphatic heterocycles. The summed E-state index contributed by atoms with van der Waals surface area (Å²) in [6.07, 6.45) is 1.09. The van der Waals surface area contributed by atoms with Crippen molar-refractivity contribution in [3.05, 3.63) is 29.3 Å². The van der Waals surface area contributed by atoms with Gasteiger partial charge in [-0.25, -0.2) is 9.79 Å². The third kappa shape index (κ3) is 5.36. The van der Waals surface area contributed by atoms with Crippen LogP contribution in [0.1, 0.15) is 29.3 Å². The number of benzene rings is 1. The fourth-order valence-electron chi connectivity index (χ4n) is 2.96. The van der Waals surface area contributed by atoms with E-state index in [1.54, 1.807) is 12.1 Å². The van der Waals surface area contributed by atoms with Crippen molar-refractivity contribution < 1.29 is 19.0 Å². The number of nitrogens with zero attached hydrogens (tertiary/aromatic N) is 2. The van der Waals surface area contributed by atoms with Gasteiger partial charge in [-0.3, -0.25) is 0 Å². The second kappa shape index (κ2) is 10.0. The van der Waals surface area contributed by atoms with Crippen LogP contribution in [0.5, 0.6) is 5.75 Å². The Kier molecular flexibility index (Phi) is 7.72. The Bertz CT molecular complexity index is 627. The normalized spacial score (nSPS) is 17.1. The number of nitrogens with one attached hydrogen (secondary N) is 1. The summed E-state index contributed by atoms with van der Waals surface area (Å²) in [7, 11) is 4.93. The number of ether oxygens (including phenoxy) is 3. The maximum Gasteiger partial charge on any atom is 0.341 e. The van der Waals surface area contributed by atoms with Gasteiger partial charge in [0, 0.05) is 32.7 Å². The Morgan fingerprint density at radius 2 is 2.23 bits per heavy atom. The molecular weight excluding hydrogens is 334 g/mol. The van der Waals surface area contributed by atoms with Gasteiger partial charge in [-0.1, -0.05) is 6.07 Å². The minimum Gasteiger partial charge on any atom is -0.496 e. The van der Waals surface area contributed by atoms with E-state index in [4.69, 9.17) is 19.2 Å². The molecule has 7 heteroatoms. The van der Waals surface area contributed by atoms with E-state index in [2.05, 4.69) is 10.2 Å². The smallest absolute Gasteiger partial charge is 0.341 e. The minimum atomic E-state index is -0.419. The van der Waals surface area contributed by atoms with Gasteiger partial charge in [0.1, 0.15) is 11.3 Å². The average molecular weight is 363 g/mol. The first kappa shape index (κ1) is 20.0. The van der Waals surface area contributed by atoms with E-state index in [1.807, 2.05) is 20.0 Å². The van der Waals surface area contributed by atoms with Crippen molar-refractivity contribution in [1.82, 2.24) is 10.2 Å². The molecule has 1 fully saturated rings. The molecule has 0 spiro atoms. The van der Waals surface area contributed by atoms with Crippen LogP contribution in [0, 0.1) is 5.92 Å². The monoisotopic (exact) mass is 363 g/mol. The molecular formula is C19H29N3O4. The summed E-state index contributed by atoms with van der Waals surface area (Å²) < 4.78 is 15.5. The van der Waals surface area contributed by atoms with Crippen LogP contribution < -0.4 is 10.1 Å². The van der Waals surface area contributed by atoms with Crippen LogP contribution in [-0.4, -0.2) is 64.4 Å². The number of methoxy groups -OCH3 is 2. The van der Waals surface area contributed by atoms with Crippen LogP contribution in [-0.2, 0) is 16.0 Å². The van der Waals surface area contributed by atoms with Crippen molar-refractivity contribution in [2.75, 3.05) is 47.6 Å². The SMILES string of the molecule is CCNC(=NCc1ccc(OC)c(C(=O)OC)c1)N(C)CC1CCOC1. The Morgan fingerprint density at radius 1 is 1.42 bits per heavy atom. The van der Waals surface area contributed by atoms with E-state index in [0.717, 1.165) is 44.2 Å². The zero-order chi connectivity index (χ0) is 18.9. The molecule has 1 heterocycles. The molecule has 0 aliphatic carbocycles. The summed E-state index contributed by atoms with van der Waals surface area (Å²) in [5.41, 5.74) is 1.32. The summed E-state index contributed by atoms with van der Waals surface area (Å²) in [6.45, 7) is 5.86. The predicted octanol–water partition coefficient (Wildman–Crippen LogP) is 1.92. The lowest BCUT2D eigenvalue weighted by Gasteiger charge is -2.24. The fourth-order valence-corrected chi connectivity index (χ4v) is 2.96. The molecule has 1 aromatic rings.